The Hall–Kier alpha value is -1.53. The molecule has 0 amide bonds. The van der Waals surface area contributed by atoms with E-state index < -0.39 is 5.60 Å². The SMILES string of the molecule is CCOC1=CC(=O)[C@@H](SCC)C[C@@]1(O)CCc1ccc(OC)cc1F. The second-order valence-corrected chi connectivity index (χ2v) is 7.46. The van der Waals surface area contributed by atoms with Gasteiger partial charge in [0.25, 0.3) is 0 Å². The molecule has 138 valence electrons. The molecule has 6 heteroatoms. The Bertz CT molecular complexity index is 646. The summed E-state index contributed by atoms with van der Waals surface area (Å²) >= 11 is 1.51. The maximum absolute atomic E-state index is 14.2. The molecule has 0 spiro atoms. The van der Waals surface area contributed by atoms with Crippen LogP contribution in [0, 0.1) is 5.82 Å². The van der Waals surface area contributed by atoms with Gasteiger partial charge < -0.3 is 14.6 Å². The number of aryl methyl sites for hydroxylation is 1. The number of rotatable bonds is 8. The van der Waals surface area contributed by atoms with Crippen LogP contribution in [-0.4, -0.2) is 41.2 Å². The summed E-state index contributed by atoms with van der Waals surface area (Å²) in [4.78, 5) is 12.2. The third kappa shape index (κ3) is 4.76. The molecule has 1 N–H and O–H groups in total. The minimum atomic E-state index is -1.26. The summed E-state index contributed by atoms with van der Waals surface area (Å²) in [5.41, 5.74) is -0.759. The van der Waals surface area contributed by atoms with Crippen molar-refractivity contribution in [2.45, 2.75) is 44.0 Å². The standard InChI is InChI=1S/C19H25FO4S/c1-4-24-18-11-16(21)17(25-5-2)12-19(18,22)9-8-13-6-7-14(23-3)10-15(13)20/h6-7,10-11,17,22H,4-5,8-9,12H2,1-3H3/t17-,19-/m0/s1. The first kappa shape index (κ1) is 19.8. The number of carbonyl (C=O) groups excluding carboxylic acids is 1. The number of halogens is 1. The van der Waals surface area contributed by atoms with Crippen molar-refractivity contribution in [2.75, 3.05) is 19.5 Å². The number of carbonyl (C=O) groups is 1. The molecule has 0 aromatic heterocycles. The molecular formula is C19H25FO4S. The smallest absolute Gasteiger partial charge is 0.172 e. The van der Waals surface area contributed by atoms with Gasteiger partial charge in [0.15, 0.2) is 5.78 Å². The first-order chi connectivity index (χ1) is 11.9. The quantitative estimate of drug-likeness (QED) is 0.761. The van der Waals surface area contributed by atoms with Crippen molar-refractivity contribution in [3.05, 3.63) is 41.4 Å². The molecule has 0 radical (unpaired) electrons. The zero-order valence-corrected chi connectivity index (χ0v) is 15.7. The third-order valence-electron chi connectivity index (χ3n) is 4.31. The molecule has 2 rings (SSSR count). The van der Waals surface area contributed by atoms with E-state index in [-0.39, 0.29) is 29.7 Å². The van der Waals surface area contributed by atoms with Crippen LogP contribution >= 0.6 is 11.8 Å². The molecule has 2 atom stereocenters. The van der Waals surface area contributed by atoms with Gasteiger partial charge in [-0.05, 0) is 37.1 Å². The van der Waals surface area contributed by atoms with Crippen molar-refractivity contribution >= 4 is 17.5 Å². The van der Waals surface area contributed by atoms with Gasteiger partial charge in [0.05, 0.1) is 19.0 Å². The van der Waals surface area contributed by atoms with E-state index in [4.69, 9.17) is 9.47 Å². The molecule has 0 fully saturated rings. The molecule has 4 nitrogen and oxygen atoms in total. The number of methoxy groups -OCH3 is 1. The Morgan fingerprint density at radius 2 is 2.16 bits per heavy atom. The highest BCUT2D eigenvalue weighted by Crippen LogP contribution is 2.37. The Balaban J connectivity index is 2.18. The molecule has 1 aromatic carbocycles. The lowest BCUT2D eigenvalue weighted by atomic mass is 9.83. The summed E-state index contributed by atoms with van der Waals surface area (Å²) < 4.78 is 24.7. The van der Waals surface area contributed by atoms with Crippen LogP contribution in [0.1, 0.15) is 32.3 Å². The van der Waals surface area contributed by atoms with Gasteiger partial charge in [0.2, 0.25) is 0 Å². The molecule has 1 aliphatic rings. The average Bonchev–Trinajstić information content (AvgIpc) is 2.59. The van der Waals surface area contributed by atoms with Gasteiger partial charge in [-0.2, -0.15) is 11.8 Å². The van der Waals surface area contributed by atoms with E-state index in [0.29, 0.717) is 30.1 Å². The van der Waals surface area contributed by atoms with Gasteiger partial charge in [0, 0.05) is 18.6 Å². The van der Waals surface area contributed by atoms with Crippen LogP contribution < -0.4 is 4.74 Å². The number of allylic oxidation sites excluding steroid dienone is 1. The fraction of sp³-hybridized carbons (Fsp3) is 0.526. The third-order valence-corrected chi connectivity index (χ3v) is 5.44. The first-order valence-electron chi connectivity index (χ1n) is 8.48. The van der Waals surface area contributed by atoms with Gasteiger partial charge >= 0.3 is 0 Å². The number of ether oxygens (including phenoxy) is 2. The maximum atomic E-state index is 14.2. The number of benzene rings is 1. The maximum Gasteiger partial charge on any atom is 0.172 e. The predicted octanol–water partition coefficient (Wildman–Crippen LogP) is 3.51. The Labute approximate surface area is 152 Å². The van der Waals surface area contributed by atoms with Crippen molar-refractivity contribution < 1.29 is 23.8 Å². The lowest BCUT2D eigenvalue weighted by Crippen LogP contribution is -2.42. The Morgan fingerprint density at radius 3 is 2.76 bits per heavy atom. The van der Waals surface area contributed by atoms with Crippen molar-refractivity contribution in [3.8, 4) is 5.75 Å². The lowest BCUT2D eigenvalue weighted by Gasteiger charge is -2.36. The molecular weight excluding hydrogens is 343 g/mol. The average molecular weight is 368 g/mol. The summed E-state index contributed by atoms with van der Waals surface area (Å²) in [5, 5.41) is 10.8. The van der Waals surface area contributed by atoms with Crippen molar-refractivity contribution in [1.29, 1.82) is 0 Å². The fourth-order valence-electron chi connectivity index (χ4n) is 2.96. The van der Waals surface area contributed by atoms with Gasteiger partial charge in [-0.15, -0.1) is 0 Å². The molecule has 25 heavy (non-hydrogen) atoms. The molecule has 0 aliphatic heterocycles. The zero-order valence-electron chi connectivity index (χ0n) is 14.9. The van der Waals surface area contributed by atoms with Gasteiger partial charge in [-0.3, -0.25) is 4.79 Å². The minimum Gasteiger partial charge on any atom is -0.497 e. The Morgan fingerprint density at radius 1 is 1.40 bits per heavy atom. The predicted molar refractivity (Wildman–Crippen MR) is 97.5 cm³/mol. The van der Waals surface area contributed by atoms with Crippen LogP contribution in [0.3, 0.4) is 0 Å². The molecule has 1 aliphatic carbocycles. The van der Waals surface area contributed by atoms with Crippen LogP contribution in [0.5, 0.6) is 5.75 Å². The molecule has 0 saturated heterocycles. The summed E-state index contributed by atoms with van der Waals surface area (Å²) in [6.07, 6.45) is 2.32. The molecule has 1 aromatic rings. The summed E-state index contributed by atoms with van der Waals surface area (Å²) in [7, 11) is 1.49. The van der Waals surface area contributed by atoms with Gasteiger partial charge in [0.1, 0.15) is 22.9 Å². The second kappa shape index (κ2) is 8.72. The molecule has 0 saturated carbocycles. The number of ketones is 1. The van der Waals surface area contributed by atoms with Crippen LogP contribution in [0.15, 0.2) is 30.0 Å². The van der Waals surface area contributed by atoms with E-state index in [1.54, 1.807) is 12.1 Å². The topological polar surface area (TPSA) is 55.8 Å². The first-order valence-corrected chi connectivity index (χ1v) is 9.53. The second-order valence-electron chi connectivity index (χ2n) is 5.98. The number of thioether (sulfide) groups is 1. The van der Waals surface area contributed by atoms with Crippen LogP contribution in [0.25, 0.3) is 0 Å². The van der Waals surface area contributed by atoms with Crippen molar-refractivity contribution in [2.24, 2.45) is 0 Å². The monoisotopic (exact) mass is 368 g/mol. The normalized spacial score (nSPS) is 23.3. The van der Waals surface area contributed by atoms with Crippen LogP contribution in [-0.2, 0) is 16.0 Å². The van der Waals surface area contributed by atoms with E-state index >= 15 is 0 Å². The highest BCUT2D eigenvalue weighted by Gasteiger charge is 2.42. The zero-order chi connectivity index (χ0) is 18.4. The highest BCUT2D eigenvalue weighted by molar-refractivity contribution is 8.00. The van der Waals surface area contributed by atoms with Gasteiger partial charge in [-0.1, -0.05) is 13.0 Å². The minimum absolute atomic E-state index is 0.0318. The molecule has 0 heterocycles. The lowest BCUT2D eigenvalue weighted by molar-refractivity contribution is -0.117. The van der Waals surface area contributed by atoms with Crippen molar-refractivity contribution in [1.82, 2.24) is 0 Å². The Kier molecular flexibility index (Phi) is 6.90. The van der Waals surface area contributed by atoms with E-state index in [0.717, 1.165) is 5.75 Å². The van der Waals surface area contributed by atoms with Crippen LogP contribution in [0.4, 0.5) is 4.39 Å². The largest absolute Gasteiger partial charge is 0.497 e. The van der Waals surface area contributed by atoms with E-state index in [9.17, 15) is 14.3 Å². The van der Waals surface area contributed by atoms with Gasteiger partial charge in [-0.25, -0.2) is 4.39 Å². The molecule has 0 unspecified atom stereocenters. The number of hydrogen-bond donors (Lipinski definition) is 1. The number of hydrogen-bond acceptors (Lipinski definition) is 5. The van der Waals surface area contributed by atoms with E-state index in [1.807, 2.05) is 13.8 Å². The van der Waals surface area contributed by atoms with E-state index in [2.05, 4.69) is 0 Å². The highest BCUT2D eigenvalue weighted by atomic mass is 32.2. The molecule has 0 bridgehead atoms. The van der Waals surface area contributed by atoms with Crippen molar-refractivity contribution in [3.63, 3.8) is 0 Å². The summed E-state index contributed by atoms with van der Waals surface area (Å²) in [6.45, 7) is 4.15. The summed E-state index contributed by atoms with van der Waals surface area (Å²) in [6, 6.07) is 4.69. The summed E-state index contributed by atoms with van der Waals surface area (Å²) in [5.74, 6) is 1.14. The van der Waals surface area contributed by atoms with E-state index in [1.165, 1.54) is 31.0 Å². The van der Waals surface area contributed by atoms with Crippen LogP contribution in [0.2, 0.25) is 0 Å². The number of aliphatic hydroxyl groups is 1. The fourth-order valence-corrected chi connectivity index (χ4v) is 3.99.